The van der Waals surface area contributed by atoms with E-state index >= 15 is 0 Å². The number of anilines is 2. The Labute approximate surface area is 193 Å². The van der Waals surface area contributed by atoms with Gasteiger partial charge in [-0.1, -0.05) is 45.4 Å². The van der Waals surface area contributed by atoms with E-state index in [0.717, 1.165) is 23.5 Å². The van der Waals surface area contributed by atoms with Crippen LogP contribution in [0.1, 0.15) is 66.3 Å². The normalized spacial score (nSPS) is 12.1. The highest BCUT2D eigenvalue weighted by Gasteiger charge is 2.35. The van der Waals surface area contributed by atoms with Crippen LogP contribution in [0.5, 0.6) is 0 Å². The fourth-order valence-corrected chi connectivity index (χ4v) is 4.00. The van der Waals surface area contributed by atoms with E-state index in [1.54, 1.807) is 12.1 Å². The van der Waals surface area contributed by atoms with Crippen molar-refractivity contribution in [3.63, 3.8) is 0 Å². The van der Waals surface area contributed by atoms with Crippen LogP contribution in [0.25, 0.3) is 0 Å². The first-order valence-electron chi connectivity index (χ1n) is 10.8. The monoisotopic (exact) mass is 459 g/mol. The number of carbonyl (C=O) groups is 3. The standard InChI is InChI=1S/C23H33N5O3S/c1-13(2)10-11-26-22(30)17(12-14(3)4)28(16-8-6-15(5)7-9-16)23(31)20-18(24)19(21(25)29)27-32-20/h6-9,13-14,17H,10-12,24H2,1-5H3,(H2,25,29)(H,26,30)/t17-/m1/s1. The highest BCUT2D eigenvalue weighted by molar-refractivity contribution is 7.09. The molecule has 0 bridgehead atoms. The van der Waals surface area contributed by atoms with Gasteiger partial charge in [-0.3, -0.25) is 19.3 Å². The summed E-state index contributed by atoms with van der Waals surface area (Å²) in [5.41, 5.74) is 12.8. The van der Waals surface area contributed by atoms with E-state index in [1.165, 1.54) is 4.90 Å². The van der Waals surface area contributed by atoms with Crippen LogP contribution in [-0.4, -0.2) is 34.7 Å². The molecule has 1 aromatic carbocycles. The lowest BCUT2D eigenvalue weighted by atomic mass is 9.99. The second kappa shape index (κ2) is 11.1. The Morgan fingerprint density at radius 2 is 1.72 bits per heavy atom. The van der Waals surface area contributed by atoms with Crippen molar-refractivity contribution in [3.05, 3.63) is 40.4 Å². The summed E-state index contributed by atoms with van der Waals surface area (Å²) in [6.07, 6.45) is 1.29. The summed E-state index contributed by atoms with van der Waals surface area (Å²) in [5, 5.41) is 2.98. The number of nitrogen functional groups attached to an aromatic ring is 1. The summed E-state index contributed by atoms with van der Waals surface area (Å²) >= 11 is 0.810. The molecule has 0 radical (unpaired) electrons. The van der Waals surface area contributed by atoms with Crippen LogP contribution in [0.4, 0.5) is 11.4 Å². The smallest absolute Gasteiger partial charge is 0.272 e. The maximum atomic E-state index is 13.7. The first-order valence-corrected chi connectivity index (χ1v) is 11.5. The first-order chi connectivity index (χ1) is 15.0. The maximum Gasteiger partial charge on any atom is 0.272 e. The molecule has 0 saturated carbocycles. The number of benzene rings is 1. The van der Waals surface area contributed by atoms with Gasteiger partial charge in [0.15, 0.2) is 5.69 Å². The van der Waals surface area contributed by atoms with Crippen molar-refractivity contribution in [3.8, 4) is 0 Å². The summed E-state index contributed by atoms with van der Waals surface area (Å²) in [7, 11) is 0. The quantitative estimate of drug-likeness (QED) is 0.501. The molecule has 3 amide bonds. The number of aromatic nitrogens is 1. The molecule has 1 aromatic heterocycles. The lowest BCUT2D eigenvalue weighted by molar-refractivity contribution is -0.122. The summed E-state index contributed by atoms with van der Waals surface area (Å²) in [4.78, 5) is 40.1. The van der Waals surface area contributed by atoms with Gasteiger partial charge in [0.1, 0.15) is 10.9 Å². The van der Waals surface area contributed by atoms with Gasteiger partial charge in [0, 0.05) is 12.2 Å². The van der Waals surface area contributed by atoms with E-state index in [2.05, 4.69) is 23.5 Å². The summed E-state index contributed by atoms with van der Waals surface area (Å²) in [6, 6.07) is 6.60. The molecule has 1 heterocycles. The Balaban J connectivity index is 2.51. The molecular weight excluding hydrogens is 426 g/mol. The molecule has 1 atom stereocenters. The molecule has 0 unspecified atom stereocenters. The Bertz CT molecular complexity index is 953. The van der Waals surface area contributed by atoms with E-state index in [4.69, 9.17) is 11.5 Å². The molecule has 8 nitrogen and oxygen atoms in total. The predicted molar refractivity (Wildman–Crippen MR) is 129 cm³/mol. The maximum absolute atomic E-state index is 13.7. The van der Waals surface area contributed by atoms with Gasteiger partial charge in [0.05, 0.1) is 5.69 Å². The van der Waals surface area contributed by atoms with Gasteiger partial charge < -0.3 is 16.8 Å². The SMILES string of the molecule is Cc1ccc(N(C(=O)c2snc(C(N)=O)c2N)[C@H](CC(C)C)C(=O)NCCC(C)C)cc1. The Morgan fingerprint density at radius 3 is 2.22 bits per heavy atom. The molecule has 0 aliphatic rings. The summed E-state index contributed by atoms with van der Waals surface area (Å²) in [6.45, 7) is 10.6. The van der Waals surface area contributed by atoms with Gasteiger partial charge in [-0.25, -0.2) is 0 Å². The second-order valence-electron chi connectivity index (χ2n) is 8.77. The zero-order valence-corrected chi connectivity index (χ0v) is 20.2. The average molecular weight is 460 g/mol. The lowest BCUT2D eigenvalue weighted by Crippen LogP contribution is -2.51. The van der Waals surface area contributed by atoms with Crippen molar-refractivity contribution in [2.75, 3.05) is 17.2 Å². The Kier molecular flexibility index (Phi) is 8.77. The third kappa shape index (κ3) is 6.29. The van der Waals surface area contributed by atoms with Crippen LogP contribution in [0.2, 0.25) is 0 Å². The Hall–Kier alpha value is -2.94. The van der Waals surface area contributed by atoms with Crippen molar-refractivity contribution >= 4 is 40.6 Å². The van der Waals surface area contributed by atoms with E-state index in [1.807, 2.05) is 32.9 Å². The first kappa shape index (κ1) is 25.3. The van der Waals surface area contributed by atoms with Crippen LogP contribution < -0.4 is 21.7 Å². The van der Waals surface area contributed by atoms with Crippen LogP contribution in [0.15, 0.2) is 24.3 Å². The van der Waals surface area contributed by atoms with E-state index in [-0.39, 0.29) is 28.1 Å². The molecule has 2 aromatic rings. The molecule has 32 heavy (non-hydrogen) atoms. The minimum atomic E-state index is -0.801. The number of hydrogen-bond acceptors (Lipinski definition) is 6. The molecule has 0 aliphatic heterocycles. The van der Waals surface area contributed by atoms with Crippen LogP contribution >= 0.6 is 11.5 Å². The average Bonchev–Trinajstić information content (AvgIpc) is 3.09. The molecule has 9 heteroatoms. The van der Waals surface area contributed by atoms with E-state index in [0.29, 0.717) is 24.6 Å². The van der Waals surface area contributed by atoms with Crippen LogP contribution in [0, 0.1) is 18.8 Å². The van der Waals surface area contributed by atoms with Crippen molar-refractivity contribution in [1.82, 2.24) is 9.69 Å². The molecule has 0 fully saturated rings. The summed E-state index contributed by atoms with van der Waals surface area (Å²) in [5.74, 6) is -0.924. The third-order valence-corrected chi connectivity index (χ3v) is 5.87. The number of aryl methyl sites for hydroxylation is 1. The van der Waals surface area contributed by atoms with Gasteiger partial charge in [-0.05, 0) is 55.3 Å². The molecular formula is C23H33N5O3S. The zero-order chi connectivity index (χ0) is 24.0. The molecule has 2 rings (SSSR count). The van der Waals surface area contributed by atoms with Gasteiger partial charge in [0.25, 0.3) is 11.8 Å². The van der Waals surface area contributed by atoms with Gasteiger partial charge in [-0.2, -0.15) is 4.37 Å². The molecule has 0 aliphatic carbocycles. The molecule has 0 spiro atoms. The number of hydrogen-bond donors (Lipinski definition) is 3. The number of nitrogens with zero attached hydrogens (tertiary/aromatic N) is 2. The van der Waals surface area contributed by atoms with Crippen molar-refractivity contribution < 1.29 is 14.4 Å². The van der Waals surface area contributed by atoms with E-state index in [9.17, 15) is 14.4 Å². The topological polar surface area (TPSA) is 131 Å². The van der Waals surface area contributed by atoms with Crippen LogP contribution in [0.3, 0.4) is 0 Å². The van der Waals surface area contributed by atoms with Gasteiger partial charge in [0.2, 0.25) is 5.91 Å². The zero-order valence-electron chi connectivity index (χ0n) is 19.3. The minimum absolute atomic E-state index is 0.0619. The molecule has 0 saturated heterocycles. The molecule has 174 valence electrons. The number of rotatable bonds is 10. The second-order valence-corrected chi connectivity index (χ2v) is 9.54. The van der Waals surface area contributed by atoms with Crippen LogP contribution in [-0.2, 0) is 4.79 Å². The highest BCUT2D eigenvalue weighted by Crippen LogP contribution is 2.29. The largest absolute Gasteiger partial charge is 0.395 e. The highest BCUT2D eigenvalue weighted by atomic mass is 32.1. The number of nitrogens with two attached hydrogens (primary N) is 2. The predicted octanol–water partition coefficient (Wildman–Crippen LogP) is 3.36. The third-order valence-electron chi connectivity index (χ3n) is 5.02. The Morgan fingerprint density at radius 1 is 1.09 bits per heavy atom. The van der Waals surface area contributed by atoms with Gasteiger partial charge >= 0.3 is 0 Å². The van der Waals surface area contributed by atoms with Crippen molar-refractivity contribution in [2.45, 2.75) is 53.5 Å². The minimum Gasteiger partial charge on any atom is -0.395 e. The van der Waals surface area contributed by atoms with Crippen molar-refractivity contribution in [2.24, 2.45) is 17.6 Å². The van der Waals surface area contributed by atoms with Crippen molar-refractivity contribution in [1.29, 1.82) is 0 Å². The summed E-state index contributed by atoms with van der Waals surface area (Å²) < 4.78 is 3.95. The molecule has 5 N–H and O–H groups in total. The van der Waals surface area contributed by atoms with Gasteiger partial charge in [-0.15, -0.1) is 0 Å². The lowest BCUT2D eigenvalue weighted by Gasteiger charge is -2.32. The number of nitrogens with one attached hydrogen (secondary N) is 1. The fourth-order valence-electron chi connectivity index (χ4n) is 3.26. The van der Waals surface area contributed by atoms with E-state index < -0.39 is 17.9 Å². The number of carbonyl (C=O) groups excluding carboxylic acids is 3. The number of primary amides is 1. The number of amides is 3. The fraction of sp³-hybridized carbons (Fsp3) is 0.478.